The number of ketones is 1. The summed E-state index contributed by atoms with van der Waals surface area (Å²) in [5, 5.41) is 17.3. The smallest absolute Gasteiger partial charge is 0.280 e. The molecular weight excluding hydrogens is 330 g/mol. The summed E-state index contributed by atoms with van der Waals surface area (Å²) in [7, 11) is 0. The molecule has 0 aliphatic carbocycles. The van der Waals surface area contributed by atoms with E-state index in [2.05, 4.69) is 10.6 Å². The summed E-state index contributed by atoms with van der Waals surface area (Å²) in [5.74, 6) is -0.335. The topological polar surface area (TPSA) is 84.3 Å². The number of benzene rings is 2. The molecule has 0 aromatic heterocycles. The van der Waals surface area contributed by atoms with Gasteiger partial charge in [0.25, 0.3) is 5.69 Å². The van der Waals surface area contributed by atoms with Crippen molar-refractivity contribution < 1.29 is 9.72 Å². The van der Waals surface area contributed by atoms with Crippen LogP contribution in [0.25, 0.3) is 0 Å². The minimum Gasteiger partial charge on any atom is -0.314 e. The van der Waals surface area contributed by atoms with Crippen molar-refractivity contribution in [3.8, 4) is 0 Å². The van der Waals surface area contributed by atoms with Crippen LogP contribution >= 0.6 is 12.4 Å². The van der Waals surface area contributed by atoms with Crippen LogP contribution in [0.5, 0.6) is 0 Å². The Kier molecular flexibility index (Phi) is 8.64. The normalized spacial score (nSPS) is 13.0. The largest absolute Gasteiger partial charge is 0.314 e. The summed E-state index contributed by atoms with van der Waals surface area (Å²) in [4.78, 5) is 22.3. The maximum Gasteiger partial charge on any atom is 0.280 e. The summed E-state index contributed by atoms with van der Waals surface area (Å²) in [5.41, 5.74) is 0.395. The molecule has 1 aliphatic rings. The molecule has 24 heavy (non-hydrogen) atoms. The quantitative estimate of drug-likeness (QED) is 0.505. The number of piperazine rings is 1. The molecule has 0 atom stereocenters. The average Bonchev–Trinajstić information content (AvgIpc) is 2.64. The van der Waals surface area contributed by atoms with Crippen LogP contribution < -0.4 is 10.6 Å². The first kappa shape index (κ1) is 19.8. The number of hydrogen-bond acceptors (Lipinski definition) is 5. The highest BCUT2D eigenvalue weighted by atomic mass is 35.5. The van der Waals surface area contributed by atoms with Crippen molar-refractivity contribution in [2.75, 3.05) is 26.2 Å². The number of para-hydroxylation sites is 1. The zero-order valence-electron chi connectivity index (χ0n) is 13.1. The Hall–Kier alpha value is -2.28. The molecule has 7 heteroatoms. The van der Waals surface area contributed by atoms with E-state index < -0.39 is 4.92 Å². The monoisotopic (exact) mass is 349 g/mol. The molecule has 0 radical (unpaired) electrons. The SMILES string of the molecule is C1CNCCN1.Cl.O=C(c1ccccc1)c1ccccc1[N+](=O)[O-]. The van der Waals surface area contributed by atoms with Crippen LogP contribution in [0.15, 0.2) is 54.6 Å². The molecule has 0 bridgehead atoms. The highest BCUT2D eigenvalue weighted by Crippen LogP contribution is 2.20. The van der Waals surface area contributed by atoms with Gasteiger partial charge in [0.15, 0.2) is 5.78 Å². The fourth-order valence-corrected chi connectivity index (χ4v) is 2.17. The standard InChI is InChI=1S/C13H9NO3.C4H10N2.ClH/c15-13(10-6-2-1-3-7-10)11-8-4-5-9-12(11)14(16)17;1-2-6-4-3-5-1;/h1-9H;5-6H,1-4H2;1H. The predicted molar refractivity (Wildman–Crippen MR) is 96.0 cm³/mol. The van der Waals surface area contributed by atoms with Gasteiger partial charge in [-0.05, 0) is 6.07 Å². The number of rotatable bonds is 3. The molecule has 2 N–H and O–H groups in total. The Morgan fingerprint density at radius 1 is 0.875 bits per heavy atom. The lowest BCUT2D eigenvalue weighted by atomic mass is 10.0. The number of nitrogens with zero attached hydrogens (tertiary/aromatic N) is 1. The first-order chi connectivity index (χ1) is 11.2. The second-order valence-electron chi connectivity index (χ2n) is 4.97. The molecular formula is C17H20ClN3O3. The lowest BCUT2D eigenvalue weighted by Gasteiger charge is -2.11. The number of carbonyl (C=O) groups is 1. The third-order valence-electron chi connectivity index (χ3n) is 3.34. The summed E-state index contributed by atoms with van der Waals surface area (Å²) in [6.07, 6.45) is 0. The van der Waals surface area contributed by atoms with Gasteiger partial charge in [0, 0.05) is 37.8 Å². The molecule has 0 amide bonds. The van der Waals surface area contributed by atoms with Gasteiger partial charge in [0.2, 0.25) is 0 Å². The Labute approximate surface area is 146 Å². The first-order valence-electron chi connectivity index (χ1n) is 7.45. The highest BCUT2D eigenvalue weighted by Gasteiger charge is 2.19. The van der Waals surface area contributed by atoms with Gasteiger partial charge in [-0.1, -0.05) is 42.5 Å². The number of hydrogen-bond donors (Lipinski definition) is 2. The van der Waals surface area contributed by atoms with Crippen LogP contribution in [-0.2, 0) is 0 Å². The summed E-state index contributed by atoms with van der Waals surface area (Å²) in [6.45, 7) is 4.56. The Morgan fingerprint density at radius 3 is 1.88 bits per heavy atom. The lowest BCUT2D eigenvalue weighted by Crippen LogP contribution is -2.39. The fraction of sp³-hybridized carbons (Fsp3) is 0.235. The van der Waals surface area contributed by atoms with Gasteiger partial charge in [-0.25, -0.2) is 0 Å². The molecule has 6 nitrogen and oxygen atoms in total. The molecule has 3 rings (SSSR count). The third kappa shape index (κ3) is 5.73. The van der Waals surface area contributed by atoms with Crippen LogP contribution in [0.1, 0.15) is 15.9 Å². The summed E-state index contributed by atoms with van der Waals surface area (Å²) in [6, 6.07) is 14.5. The zero-order chi connectivity index (χ0) is 16.5. The molecule has 128 valence electrons. The van der Waals surface area contributed by atoms with Crippen molar-refractivity contribution in [3.63, 3.8) is 0 Å². The molecule has 1 fully saturated rings. The number of nitro benzene ring substituents is 1. The first-order valence-corrected chi connectivity index (χ1v) is 7.45. The predicted octanol–water partition coefficient (Wildman–Crippen LogP) is 2.43. The fourth-order valence-electron chi connectivity index (χ4n) is 2.17. The Morgan fingerprint density at radius 2 is 1.38 bits per heavy atom. The third-order valence-corrected chi connectivity index (χ3v) is 3.34. The maximum atomic E-state index is 12.1. The molecule has 1 aliphatic heterocycles. The number of halogens is 1. The van der Waals surface area contributed by atoms with E-state index in [1.807, 2.05) is 0 Å². The van der Waals surface area contributed by atoms with Gasteiger partial charge in [0.05, 0.1) is 4.92 Å². The summed E-state index contributed by atoms with van der Waals surface area (Å²) < 4.78 is 0. The van der Waals surface area contributed by atoms with E-state index in [9.17, 15) is 14.9 Å². The minimum absolute atomic E-state index is 0. The maximum absolute atomic E-state index is 12.1. The summed E-state index contributed by atoms with van der Waals surface area (Å²) >= 11 is 0. The van der Waals surface area contributed by atoms with Crippen molar-refractivity contribution in [2.24, 2.45) is 0 Å². The molecule has 2 aromatic rings. The van der Waals surface area contributed by atoms with E-state index in [0.29, 0.717) is 5.56 Å². The second-order valence-corrected chi connectivity index (χ2v) is 4.97. The van der Waals surface area contributed by atoms with Crippen LogP contribution in [0, 0.1) is 10.1 Å². The molecule has 0 unspecified atom stereocenters. The molecule has 1 saturated heterocycles. The van der Waals surface area contributed by atoms with E-state index in [0.717, 1.165) is 26.2 Å². The van der Waals surface area contributed by atoms with Crippen LogP contribution in [-0.4, -0.2) is 36.9 Å². The van der Waals surface area contributed by atoms with Crippen LogP contribution in [0.3, 0.4) is 0 Å². The minimum atomic E-state index is -0.545. The van der Waals surface area contributed by atoms with Gasteiger partial charge in [-0.3, -0.25) is 14.9 Å². The molecule has 2 aromatic carbocycles. The van der Waals surface area contributed by atoms with E-state index in [1.54, 1.807) is 42.5 Å². The van der Waals surface area contributed by atoms with Crippen molar-refractivity contribution >= 4 is 23.9 Å². The molecule has 1 heterocycles. The van der Waals surface area contributed by atoms with Crippen molar-refractivity contribution in [1.29, 1.82) is 0 Å². The van der Waals surface area contributed by atoms with E-state index in [-0.39, 0.29) is 29.4 Å². The van der Waals surface area contributed by atoms with E-state index in [1.165, 1.54) is 12.1 Å². The van der Waals surface area contributed by atoms with Crippen molar-refractivity contribution in [1.82, 2.24) is 10.6 Å². The van der Waals surface area contributed by atoms with Gasteiger partial charge in [0.1, 0.15) is 5.56 Å². The van der Waals surface area contributed by atoms with Crippen LogP contribution in [0.2, 0.25) is 0 Å². The lowest BCUT2D eigenvalue weighted by molar-refractivity contribution is -0.385. The van der Waals surface area contributed by atoms with Gasteiger partial charge >= 0.3 is 0 Å². The van der Waals surface area contributed by atoms with Gasteiger partial charge in [-0.15, -0.1) is 12.4 Å². The van der Waals surface area contributed by atoms with Gasteiger partial charge < -0.3 is 10.6 Å². The Bertz CT molecular complexity index is 650. The van der Waals surface area contributed by atoms with E-state index in [4.69, 9.17) is 0 Å². The second kappa shape index (κ2) is 10.5. The Balaban J connectivity index is 0.000000349. The molecule has 0 saturated carbocycles. The van der Waals surface area contributed by atoms with Gasteiger partial charge in [-0.2, -0.15) is 0 Å². The van der Waals surface area contributed by atoms with E-state index >= 15 is 0 Å². The molecule has 0 spiro atoms. The highest BCUT2D eigenvalue weighted by molar-refractivity contribution is 6.11. The van der Waals surface area contributed by atoms with Crippen molar-refractivity contribution in [3.05, 3.63) is 75.8 Å². The zero-order valence-corrected chi connectivity index (χ0v) is 13.9. The van der Waals surface area contributed by atoms with Crippen molar-refractivity contribution in [2.45, 2.75) is 0 Å². The average molecular weight is 350 g/mol. The number of nitrogens with one attached hydrogen (secondary N) is 2. The number of carbonyl (C=O) groups excluding carboxylic acids is 1. The van der Waals surface area contributed by atoms with Crippen LogP contribution in [0.4, 0.5) is 5.69 Å². The number of nitro groups is 1.